The lowest BCUT2D eigenvalue weighted by atomic mass is 9.70. The maximum atomic E-state index is 6.37. The monoisotopic (exact) mass is 371 g/mol. The molecule has 3 atom stereocenters. The van der Waals surface area contributed by atoms with Crippen molar-refractivity contribution in [2.24, 2.45) is 16.7 Å². The Labute approximate surface area is 129 Å². The first-order valence-electron chi connectivity index (χ1n) is 7.06. The van der Waals surface area contributed by atoms with Crippen LogP contribution in [0.5, 0.6) is 5.75 Å². The average Bonchev–Trinajstić information content (AvgIpc) is 2.65. The molecule has 3 heteroatoms. The van der Waals surface area contributed by atoms with Crippen LogP contribution in [-0.4, -0.2) is 6.10 Å². The predicted octanol–water partition coefficient (Wildman–Crippen LogP) is 4.47. The number of ether oxygens (including phenoxy) is 1. The molecule has 1 aromatic carbocycles. The molecule has 0 aromatic heterocycles. The molecule has 19 heavy (non-hydrogen) atoms. The Morgan fingerprint density at radius 3 is 2.58 bits per heavy atom. The van der Waals surface area contributed by atoms with E-state index in [1.807, 2.05) is 18.2 Å². The van der Waals surface area contributed by atoms with E-state index in [1.165, 1.54) is 19.3 Å². The van der Waals surface area contributed by atoms with Crippen LogP contribution in [0.25, 0.3) is 0 Å². The van der Waals surface area contributed by atoms with Gasteiger partial charge >= 0.3 is 0 Å². The van der Waals surface area contributed by atoms with Gasteiger partial charge in [-0.25, -0.2) is 0 Å². The number of hydrogen-bond acceptors (Lipinski definition) is 2. The molecule has 2 aliphatic carbocycles. The lowest BCUT2D eigenvalue weighted by Gasteiger charge is -2.39. The summed E-state index contributed by atoms with van der Waals surface area (Å²) >= 11 is 2.31. The van der Waals surface area contributed by atoms with Gasteiger partial charge in [-0.15, -0.1) is 0 Å². The van der Waals surface area contributed by atoms with Crippen molar-refractivity contribution < 1.29 is 4.74 Å². The molecule has 2 saturated carbocycles. The van der Waals surface area contributed by atoms with Gasteiger partial charge in [-0.1, -0.05) is 20.8 Å². The molecule has 1 aromatic rings. The van der Waals surface area contributed by atoms with E-state index in [2.05, 4.69) is 43.4 Å². The zero-order chi connectivity index (χ0) is 13.8. The van der Waals surface area contributed by atoms with E-state index >= 15 is 0 Å². The standard InChI is InChI=1S/C16H22INO/c1-15(2)10-6-7-16(15,3)14(8-10)19-13-5-4-11(18)9-12(13)17/h4-5,9-10,14H,6-8,18H2,1-3H3. The van der Waals surface area contributed by atoms with Gasteiger partial charge in [0.05, 0.1) is 3.57 Å². The van der Waals surface area contributed by atoms with E-state index in [1.54, 1.807) is 0 Å². The quantitative estimate of drug-likeness (QED) is 0.615. The van der Waals surface area contributed by atoms with Crippen LogP contribution in [-0.2, 0) is 0 Å². The van der Waals surface area contributed by atoms with Gasteiger partial charge in [-0.05, 0) is 71.4 Å². The normalized spacial score (nSPS) is 35.6. The minimum atomic E-state index is 0.308. The fraction of sp³-hybridized carbons (Fsp3) is 0.625. The third-order valence-corrected chi connectivity index (χ3v) is 6.78. The van der Waals surface area contributed by atoms with Crippen LogP contribution in [0, 0.1) is 20.3 Å². The number of hydrogen-bond donors (Lipinski definition) is 1. The van der Waals surface area contributed by atoms with Gasteiger partial charge in [0.1, 0.15) is 11.9 Å². The minimum Gasteiger partial charge on any atom is -0.489 e. The highest BCUT2D eigenvalue weighted by Crippen LogP contribution is 2.66. The Bertz CT molecular complexity index is 513. The largest absolute Gasteiger partial charge is 0.489 e. The van der Waals surface area contributed by atoms with E-state index in [0.29, 0.717) is 16.9 Å². The Kier molecular flexibility index (Phi) is 3.04. The van der Waals surface area contributed by atoms with Crippen molar-refractivity contribution in [1.82, 2.24) is 0 Å². The number of nitrogens with two attached hydrogens (primary N) is 1. The van der Waals surface area contributed by atoms with Crippen molar-refractivity contribution in [3.63, 3.8) is 0 Å². The lowest BCUT2D eigenvalue weighted by molar-refractivity contribution is 0.0296. The Morgan fingerprint density at radius 2 is 2.05 bits per heavy atom. The highest BCUT2D eigenvalue weighted by Gasteiger charge is 2.62. The molecule has 2 nitrogen and oxygen atoms in total. The highest BCUT2D eigenvalue weighted by atomic mass is 127. The fourth-order valence-corrected chi connectivity index (χ4v) is 4.74. The molecule has 0 saturated heterocycles. The van der Waals surface area contributed by atoms with Crippen molar-refractivity contribution in [2.75, 3.05) is 5.73 Å². The molecule has 0 aliphatic heterocycles. The summed E-state index contributed by atoms with van der Waals surface area (Å²) < 4.78 is 7.48. The van der Waals surface area contributed by atoms with Gasteiger partial charge in [-0.3, -0.25) is 0 Å². The van der Waals surface area contributed by atoms with Gasteiger partial charge in [-0.2, -0.15) is 0 Å². The van der Waals surface area contributed by atoms with E-state index in [0.717, 1.165) is 20.9 Å². The number of rotatable bonds is 2. The number of halogens is 1. The molecule has 0 radical (unpaired) electrons. The molecule has 3 unspecified atom stereocenters. The fourth-order valence-electron chi connectivity index (χ4n) is 4.07. The number of benzene rings is 1. The second-order valence-electron chi connectivity index (χ2n) is 6.91. The van der Waals surface area contributed by atoms with Crippen molar-refractivity contribution in [2.45, 2.75) is 46.1 Å². The van der Waals surface area contributed by atoms with Crippen molar-refractivity contribution >= 4 is 28.3 Å². The van der Waals surface area contributed by atoms with Crippen LogP contribution in [0.15, 0.2) is 18.2 Å². The van der Waals surface area contributed by atoms with Crippen molar-refractivity contribution in [1.29, 1.82) is 0 Å². The summed E-state index contributed by atoms with van der Waals surface area (Å²) in [6.45, 7) is 7.25. The van der Waals surface area contributed by atoms with Crippen molar-refractivity contribution in [3.05, 3.63) is 21.8 Å². The summed E-state index contributed by atoms with van der Waals surface area (Å²) in [7, 11) is 0. The van der Waals surface area contributed by atoms with E-state index in [4.69, 9.17) is 10.5 Å². The molecule has 0 spiro atoms. The van der Waals surface area contributed by atoms with Crippen LogP contribution >= 0.6 is 22.6 Å². The Balaban J connectivity index is 1.86. The molecule has 3 rings (SSSR count). The highest BCUT2D eigenvalue weighted by molar-refractivity contribution is 14.1. The summed E-state index contributed by atoms with van der Waals surface area (Å²) in [5, 5.41) is 0. The maximum Gasteiger partial charge on any atom is 0.133 e. The third-order valence-electron chi connectivity index (χ3n) is 5.94. The molecule has 2 bridgehead atoms. The number of anilines is 1. The first kappa shape index (κ1) is 13.5. The van der Waals surface area contributed by atoms with Crippen LogP contribution in [0.3, 0.4) is 0 Å². The predicted molar refractivity (Wildman–Crippen MR) is 87.2 cm³/mol. The topological polar surface area (TPSA) is 35.2 Å². The SMILES string of the molecule is CC1(C)C2CCC1(C)C(Oc1ccc(N)cc1I)C2. The third kappa shape index (κ3) is 1.88. The molecule has 104 valence electrons. The molecule has 2 fully saturated rings. The van der Waals surface area contributed by atoms with Gasteiger partial charge in [0.15, 0.2) is 0 Å². The minimum absolute atomic E-state index is 0.308. The lowest BCUT2D eigenvalue weighted by Crippen LogP contribution is -2.39. The molecular formula is C16H22INO. The van der Waals surface area contributed by atoms with Gasteiger partial charge in [0.25, 0.3) is 0 Å². The summed E-state index contributed by atoms with van der Waals surface area (Å²) in [4.78, 5) is 0. The van der Waals surface area contributed by atoms with E-state index in [9.17, 15) is 0 Å². The zero-order valence-electron chi connectivity index (χ0n) is 11.9. The molecule has 2 aliphatic rings. The molecule has 0 heterocycles. The summed E-state index contributed by atoms with van der Waals surface area (Å²) in [6.07, 6.45) is 4.20. The van der Waals surface area contributed by atoms with E-state index < -0.39 is 0 Å². The number of nitrogen functional groups attached to an aromatic ring is 1. The first-order chi connectivity index (χ1) is 8.84. The second-order valence-corrected chi connectivity index (χ2v) is 8.07. The number of fused-ring (bicyclic) bond motifs is 2. The first-order valence-corrected chi connectivity index (χ1v) is 8.14. The van der Waals surface area contributed by atoms with Gasteiger partial charge in [0, 0.05) is 11.1 Å². The zero-order valence-corrected chi connectivity index (χ0v) is 14.0. The van der Waals surface area contributed by atoms with Crippen LogP contribution in [0.4, 0.5) is 5.69 Å². The van der Waals surface area contributed by atoms with Crippen molar-refractivity contribution in [3.8, 4) is 5.75 Å². The maximum absolute atomic E-state index is 6.37. The Hall–Kier alpha value is -0.450. The average molecular weight is 371 g/mol. The smallest absolute Gasteiger partial charge is 0.133 e. The summed E-state index contributed by atoms with van der Waals surface area (Å²) in [6, 6.07) is 5.92. The summed E-state index contributed by atoms with van der Waals surface area (Å²) in [5.41, 5.74) is 7.31. The molecule has 2 N–H and O–H groups in total. The summed E-state index contributed by atoms with van der Waals surface area (Å²) in [5.74, 6) is 1.80. The van der Waals surface area contributed by atoms with Gasteiger partial charge < -0.3 is 10.5 Å². The van der Waals surface area contributed by atoms with Crippen LogP contribution in [0.2, 0.25) is 0 Å². The van der Waals surface area contributed by atoms with Crippen LogP contribution < -0.4 is 10.5 Å². The second kappa shape index (κ2) is 4.27. The molecular weight excluding hydrogens is 349 g/mol. The molecule has 0 amide bonds. The van der Waals surface area contributed by atoms with Gasteiger partial charge in [0.2, 0.25) is 0 Å². The van der Waals surface area contributed by atoms with Crippen LogP contribution in [0.1, 0.15) is 40.0 Å². The van der Waals surface area contributed by atoms with E-state index in [-0.39, 0.29) is 0 Å². The Morgan fingerprint density at radius 1 is 1.32 bits per heavy atom.